The van der Waals surface area contributed by atoms with E-state index in [1.807, 2.05) is 11.8 Å². The third-order valence-electron chi connectivity index (χ3n) is 2.63. The third-order valence-corrected chi connectivity index (χ3v) is 2.63. The van der Waals surface area contributed by atoms with Gasteiger partial charge in [0, 0.05) is 18.6 Å². The minimum Gasteiger partial charge on any atom is -0.335 e. The van der Waals surface area contributed by atoms with Gasteiger partial charge in [-0.15, -0.1) is 0 Å². The maximum atomic E-state index is 11.6. The van der Waals surface area contributed by atoms with Gasteiger partial charge < -0.3 is 10.2 Å². The van der Waals surface area contributed by atoms with Gasteiger partial charge in [-0.05, 0) is 33.1 Å². The third kappa shape index (κ3) is 2.90. The molecule has 1 unspecified atom stereocenters. The van der Waals surface area contributed by atoms with Crippen LogP contribution in [-0.4, -0.2) is 29.6 Å². The maximum Gasteiger partial charge on any atom is 0.317 e. The molecule has 76 valence electrons. The van der Waals surface area contributed by atoms with Gasteiger partial charge in [-0.3, -0.25) is 0 Å². The predicted molar refractivity (Wildman–Crippen MR) is 53.7 cm³/mol. The minimum atomic E-state index is 0.111. The quantitative estimate of drug-likeness (QED) is 0.712. The van der Waals surface area contributed by atoms with Gasteiger partial charge in [0.15, 0.2) is 0 Å². The van der Waals surface area contributed by atoms with Gasteiger partial charge in [0.1, 0.15) is 0 Å². The minimum absolute atomic E-state index is 0.111. The predicted octanol–water partition coefficient (Wildman–Crippen LogP) is 1.98. The Kier molecular flexibility index (Phi) is 3.58. The summed E-state index contributed by atoms with van der Waals surface area (Å²) in [6.45, 7) is 7.03. The number of carbonyl (C=O) groups excluding carboxylic acids is 1. The molecule has 3 nitrogen and oxygen atoms in total. The fourth-order valence-electron chi connectivity index (χ4n) is 1.36. The summed E-state index contributed by atoms with van der Waals surface area (Å²) < 4.78 is 0. The Balaban J connectivity index is 2.38. The van der Waals surface area contributed by atoms with E-state index in [0.717, 1.165) is 25.8 Å². The summed E-state index contributed by atoms with van der Waals surface area (Å²) in [6, 6.07) is 0.925. The van der Waals surface area contributed by atoms with Gasteiger partial charge >= 0.3 is 6.03 Å². The molecular formula is C10H20N2O. The van der Waals surface area contributed by atoms with Gasteiger partial charge in [-0.1, -0.05) is 6.92 Å². The molecule has 1 fully saturated rings. The van der Waals surface area contributed by atoms with Crippen molar-refractivity contribution in [3.8, 4) is 0 Å². The molecule has 1 aliphatic carbocycles. The lowest BCUT2D eigenvalue weighted by Crippen LogP contribution is -2.45. The standard InChI is InChI=1S/C10H20N2O/c1-4-8(3)12(5-2)10(13)11-9-6-7-9/h8-9H,4-7H2,1-3H3,(H,11,13). The SMILES string of the molecule is CCC(C)N(CC)C(=O)NC1CC1. The van der Waals surface area contributed by atoms with Crippen molar-refractivity contribution < 1.29 is 4.79 Å². The maximum absolute atomic E-state index is 11.6. The van der Waals surface area contributed by atoms with E-state index in [9.17, 15) is 4.79 Å². The van der Waals surface area contributed by atoms with Crippen LogP contribution < -0.4 is 5.32 Å². The molecule has 1 atom stereocenters. The fraction of sp³-hybridized carbons (Fsp3) is 0.900. The van der Waals surface area contributed by atoms with Gasteiger partial charge in [0.05, 0.1) is 0 Å². The first kappa shape index (κ1) is 10.4. The van der Waals surface area contributed by atoms with E-state index in [4.69, 9.17) is 0 Å². The topological polar surface area (TPSA) is 32.3 Å². The average molecular weight is 184 g/mol. The van der Waals surface area contributed by atoms with E-state index < -0.39 is 0 Å². The molecule has 3 heteroatoms. The Morgan fingerprint density at radius 1 is 1.54 bits per heavy atom. The largest absolute Gasteiger partial charge is 0.335 e. The molecule has 0 aromatic carbocycles. The van der Waals surface area contributed by atoms with E-state index in [1.165, 1.54) is 0 Å². The van der Waals surface area contributed by atoms with Crippen molar-refractivity contribution >= 4 is 6.03 Å². The smallest absolute Gasteiger partial charge is 0.317 e. The summed E-state index contributed by atoms with van der Waals surface area (Å²) in [5, 5.41) is 3.01. The van der Waals surface area contributed by atoms with Crippen LogP contribution in [0.15, 0.2) is 0 Å². The summed E-state index contributed by atoms with van der Waals surface area (Å²) in [6.07, 6.45) is 3.33. The number of nitrogens with one attached hydrogen (secondary N) is 1. The molecule has 0 aromatic rings. The van der Waals surface area contributed by atoms with Crippen molar-refractivity contribution in [2.75, 3.05) is 6.54 Å². The second-order valence-corrected chi connectivity index (χ2v) is 3.77. The Morgan fingerprint density at radius 3 is 2.54 bits per heavy atom. The molecule has 0 radical (unpaired) electrons. The van der Waals surface area contributed by atoms with Crippen LogP contribution in [0.25, 0.3) is 0 Å². The molecule has 1 aliphatic rings. The van der Waals surface area contributed by atoms with Crippen LogP contribution >= 0.6 is 0 Å². The molecule has 0 bridgehead atoms. The number of carbonyl (C=O) groups is 1. The van der Waals surface area contributed by atoms with Gasteiger partial charge in [0.2, 0.25) is 0 Å². The fourth-order valence-corrected chi connectivity index (χ4v) is 1.36. The van der Waals surface area contributed by atoms with E-state index >= 15 is 0 Å². The van der Waals surface area contributed by atoms with Crippen molar-refractivity contribution in [2.45, 2.75) is 52.1 Å². The highest BCUT2D eigenvalue weighted by Crippen LogP contribution is 2.19. The van der Waals surface area contributed by atoms with Gasteiger partial charge in [0.25, 0.3) is 0 Å². The average Bonchev–Trinajstić information content (AvgIpc) is 2.89. The zero-order valence-electron chi connectivity index (χ0n) is 8.84. The summed E-state index contributed by atoms with van der Waals surface area (Å²) >= 11 is 0. The highest BCUT2D eigenvalue weighted by atomic mass is 16.2. The van der Waals surface area contributed by atoms with E-state index in [0.29, 0.717) is 12.1 Å². The number of nitrogens with zero attached hydrogens (tertiary/aromatic N) is 1. The molecule has 2 amide bonds. The molecule has 0 heterocycles. The van der Waals surface area contributed by atoms with Crippen LogP contribution in [-0.2, 0) is 0 Å². The molecule has 1 N–H and O–H groups in total. The Labute approximate surface area is 80.5 Å². The number of hydrogen-bond acceptors (Lipinski definition) is 1. The van der Waals surface area contributed by atoms with Crippen molar-refractivity contribution in [2.24, 2.45) is 0 Å². The van der Waals surface area contributed by atoms with Crippen LogP contribution in [0, 0.1) is 0 Å². The van der Waals surface area contributed by atoms with E-state index in [2.05, 4.69) is 19.2 Å². The molecule has 0 aliphatic heterocycles. The number of hydrogen-bond donors (Lipinski definition) is 1. The van der Waals surface area contributed by atoms with Gasteiger partial charge in [-0.2, -0.15) is 0 Å². The van der Waals surface area contributed by atoms with Crippen LogP contribution in [0.2, 0.25) is 0 Å². The van der Waals surface area contributed by atoms with Crippen molar-refractivity contribution in [1.82, 2.24) is 10.2 Å². The first-order valence-corrected chi connectivity index (χ1v) is 5.26. The Morgan fingerprint density at radius 2 is 2.15 bits per heavy atom. The number of rotatable bonds is 4. The molecule has 1 saturated carbocycles. The lowest BCUT2D eigenvalue weighted by atomic mass is 10.2. The Bertz CT molecular complexity index is 178. The summed E-state index contributed by atoms with van der Waals surface area (Å²) in [5.74, 6) is 0. The summed E-state index contributed by atoms with van der Waals surface area (Å²) in [4.78, 5) is 13.5. The number of urea groups is 1. The molecule has 1 rings (SSSR count). The highest BCUT2D eigenvalue weighted by Gasteiger charge is 2.26. The molecule has 0 spiro atoms. The zero-order chi connectivity index (χ0) is 9.84. The normalized spacial score (nSPS) is 18.1. The lowest BCUT2D eigenvalue weighted by molar-refractivity contribution is 0.180. The van der Waals surface area contributed by atoms with E-state index in [1.54, 1.807) is 0 Å². The Hall–Kier alpha value is -0.730. The highest BCUT2D eigenvalue weighted by molar-refractivity contribution is 5.75. The van der Waals surface area contributed by atoms with Crippen LogP contribution in [0.1, 0.15) is 40.0 Å². The van der Waals surface area contributed by atoms with Crippen LogP contribution in [0.5, 0.6) is 0 Å². The summed E-state index contributed by atoms with van der Waals surface area (Å²) in [5.41, 5.74) is 0. The first-order chi connectivity index (χ1) is 6.19. The second-order valence-electron chi connectivity index (χ2n) is 3.77. The van der Waals surface area contributed by atoms with E-state index in [-0.39, 0.29) is 6.03 Å². The zero-order valence-corrected chi connectivity index (χ0v) is 8.84. The van der Waals surface area contributed by atoms with Crippen molar-refractivity contribution in [3.05, 3.63) is 0 Å². The molecular weight excluding hydrogens is 164 g/mol. The van der Waals surface area contributed by atoms with Crippen molar-refractivity contribution in [1.29, 1.82) is 0 Å². The molecule has 0 aromatic heterocycles. The van der Waals surface area contributed by atoms with Crippen LogP contribution in [0.3, 0.4) is 0 Å². The first-order valence-electron chi connectivity index (χ1n) is 5.26. The van der Waals surface area contributed by atoms with Gasteiger partial charge in [-0.25, -0.2) is 4.79 Å². The summed E-state index contributed by atoms with van der Waals surface area (Å²) in [7, 11) is 0. The monoisotopic (exact) mass is 184 g/mol. The second kappa shape index (κ2) is 4.49. The van der Waals surface area contributed by atoms with Crippen molar-refractivity contribution in [3.63, 3.8) is 0 Å². The number of amides is 2. The molecule has 13 heavy (non-hydrogen) atoms. The molecule has 0 saturated heterocycles. The van der Waals surface area contributed by atoms with Crippen LogP contribution in [0.4, 0.5) is 4.79 Å². The lowest BCUT2D eigenvalue weighted by Gasteiger charge is -2.27.